The van der Waals surface area contributed by atoms with Gasteiger partial charge in [0.05, 0.1) is 0 Å². The van der Waals surface area contributed by atoms with Crippen molar-refractivity contribution < 1.29 is 30.8 Å². The largest absolute Gasteiger partial charge is 0.413 e. The zero-order chi connectivity index (χ0) is 14.0. The van der Waals surface area contributed by atoms with Gasteiger partial charge in [0.1, 0.15) is 10.7 Å². The predicted molar refractivity (Wildman–Crippen MR) is 56.4 cm³/mol. The van der Waals surface area contributed by atoms with Crippen LogP contribution in [0.15, 0.2) is 27.6 Å². The summed E-state index contributed by atoms with van der Waals surface area (Å²) in [7, 11) is -4.50. The minimum Gasteiger partial charge on any atom is -0.277 e. The summed E-state index contributed by atoms with van der Waals surface area (Å²) in [5.74, 6) is -1.12. The summed E-state index contributed by atoms with van der Waals surface area (Å²) >= 11 is 2.91. The van der Waals surface area contributed by atoms with Crippen molar-refractivity contribution >= 4 is 26.0 Å². The quantitative estimate of drug-likeness (QED) is 0.669. The zero-order valence-corrected chi connectivity index (χ0v) is 10.9. The molecule has 0 aromatic heterocycles. The number of benzene rings is 1. The van der Waals surface area contributed by atoms with Crippen LogP contribution in [-0.2, 0) is 14.9 Å². The molecule has 102 valence electrons. The average molecular weight is 352 g/mol. The van der Waals surface area contributed by atoms with Crippen molar-refractivity contribution in [2.45, 2.75) is 11.1 Å². The fourth-order valence-corrected chi connectivity index (χ4v) is 2.13. The van der Waals surface area contributed by atoms with Gasteiger partial charge >= 0.3 is 6.18 Å². The van der Waals surface area contributed by atoms with Crippen LogP contribution in [0.3, 0.4) is 0 Å². The molecule has 10 heteroatoms. The molecular weight excluding hydrogens is 346 g/mol. The molecule has 0 fully saturated rings. The Morgan fingerprint density at radius 2 is 1.94 bits per heavy atom. The smallest absolute Gasteiger partial charge is 0.277 e. The SMILES string of the molecule is O=S(=O)(NOCC(F)(F)F)c1ccc(Br)cc1F. The lowest BCUT2D eigenvalue weighted by Crippen LogP contribution is -2.30. The Balaban J connectivity index is 2.81. The third-order valence-corrected chi connectivity index (χ3v) is 3.33. The molecule has 0 amide bonds. The maximum Gasteiger partial charge on any atom is 0.413 e. The molecule has 18 heavy (non-hydrogen) atoms. The van der Waals surface area contributed by atoms with Gasteiger partial charge in [-0.05, 0) is 18.2 Å². The Bertz CT molecular complexity index is 532. The first kappa shape index (κ1) is 15.3. The molecule has 0 saturated carbocycles. The molecule has 0 saturated heterocycles. The van der Waals surface area contributed by atoms with E-state index in [1.807, 2.05) is 0 Å². The Labute approximate surface area is 108 Å². The lowest BCUT2D eigenvalue weighted by Gasteiger charge is -2.09. The molecule has 0 radical (unpaired) electrons. The van der Waals surface area contributed by atoms with Crippen LogP contribution in [-0.4, -0.2) is 21.2 Å². The van der Waals surface area contributed by atoms with E-state index < -0.39 is 33.5 Å². The highest BCUT2D eigenvalue weighted by atomic mass is 79.9. The molecule has 0 atom stereocenters. The second-order valence-corrected chi connectivity index (χ2v) is 5.59. The fourth-order valence-electron chi connectivity index (χ4n) is 0.927. The number of hydrogen-bond donors (Lipinski definition) is 1. The lowest BCUT2D eigenvalue weighted by molar-refractivity contribution is -0.181. The molecule has 0 aliphatic carbocycles. The lowest BCUT2D eigenvalue weighted by atomic mass is 10.3. The molecule has 0 unspecified atom stereocenters. The summed E-state index contributed by atoms with van der Waals surface area (Å²) in [6.07, 6.45) is -4.69. The van der Waals surface area contributed by atoms with Crippen molar-refractivity contribution in [3.8, 4) is 0 Å². The van der Waals surface area contributed by atoms with Crippen LogP contribution in [0.25, 0.3) is 0 Å². The average Bonchev–Trinajstić information content (AvgIpc) is 2.13. The third-order valence-electron chi connectivity index (χ3n) is 1.59. The maximum absolute atomic E-state index is 13.3. The van der Waals surface area contributed by atoms with Gasteiger partial charge in [-0.15, -0.1) is 0 Å². The predicted octanol–water partition coefficient (Wildman–Crippen LogP) is 2.36. The maximum atomic E-state index is 13.3. The van der Waals surface area contributed by atoms with Crippen molar-refractivity contribution in [1.29, 1.82) is 0 Å². The van der Waals surface area contributed by atoms with E-state index in [0.717, 1.165) is 12.1 Å². The fraction of sp³-hybridized carbons (Fsp3) is 0.250. The topological polar surface area (TPSA) is 55.4 Å². The van der Waals surface area contributed by atoms with Crippen LogP contribution in [0, 0.1) is 5.82 Å². The van der Waals surface area contributed by atoms with Crippen LogP contribution in [0.5, 0.6) is 0 Å². The van der Waals surface area contributed by atoms with E-state index in [1.165, 1.54) is 11.0 Å². The van der Waals surface area contributed by atoms with Crippen molar-refractivity contribution in [3.05, 3.63) is 28.5 Å². The van der Waals surface area contributed by atoms with Gasteiger partial charge in [0.25, 0.3) is 10.0 Å². The van der Waals surface area contributed by atoms with Crippen molar-refractivity contribution in [3.63, 3.8) is 0 Å². The first-order valence-electron chi connectivity index (χ1n) is 4.27. The summed E-state index contributed by atoms with van der Waals surface area (Å²) < 4.78 is 71.5. The molecule has 1 N–H and O–H groups in total. The summed E-state index contributed by atoms with van der Waals surface area (Å²) in [5.41, 5.74) is 0. The molecule has 0 aliphatic rings. The van der Waals surface area contributed by atoms with E-state index in [2.05, 4.69) is 20.8 Å². The molecule has 1 aromatic rings. The standard InChI is InChI=1S/C8H6BrF4NO3S/c9-5-1-2-7(6(10)3-5)18(15,16)14-17-4-8(11,12)13/h1-3,14H,4H2. The molecule has 0 aliphatic heterocycles. The van der Waals surface area contributed by atoms with E-state index in [9.17, 15) is 26.0 Å². The zero-order valence-electron chi connectivity index (χ0n) is 8.46. The van der Waals surface area contributed by atoms with Gasteiger partial charge in [-0.2, -0.15) is 13.2 Å². The highest BCUT2D eigenvalue weighted by Gasteiger charge is 2.29. The second-order valence-electron chi connectivity index (χ2n) is 3.07. The third kappa shape index (κ3) is 4.52. The van der Waals surface area contributed by atoms with Crippen molar-refractivity contribution in [1.82, 2.24) is 4.89 Å². The number of alkyl halides is 3. The van der Waals surface area contributed by atoms with Gasteiger partial charge < -0.3 is 0 Å². The van der Waals surface area contributed by atoms with Crippen LogP contribution >= 0.6 is 15.9 Å². The molecule has 1 rings (SSSR count). The van der Waals surface area contributed by atoms with Crippen LogP contribution in [0.4, 0.5) is 17.6 Å². The van der Waals surface area contributed by atoms with Crippen LogP contribution in [0.1, 0.15) is 0 Å². The minimum absolute atomic E-state index is 0.287. The Morgan fingerprint density at radius 1 is 1.33 bits per heavy atom. The summed E-state index contributed by atoms with van der Waals surface area (Å²) in [6, 6.07) is 2.97. The van der Waals surface area contributed by atoms with Gasteiger partial charge in [-0.25, -0.2) is 12.8 Å². The van der Waals surface area contributed by atoms with Crippen LogP contribution in [0.2, 0.25) is 0 Å². The van der Waals surface area contributed by atoms with Gasteiger partial charge in [0, 0.05) is 4.47 Å². The summed E-state index contributed by atoms with van der Waals surface area (Å²) in [6.45, 7) is -1.82. The molecular formula is C8H6BrF4NO3S. The number of halogens is 5. The first-order valence-corrected chi connectivity index (χ1v) is 6.55. The van der Waals surface area contributed by atoms with E-state index in [-0.39, 0.29) is 4.47 Å². The summed E-state index contributed by atoms with van der Waals surface area (Å²) in [4.78, 5) is 4.14. The molecule has 0 heterocycles. The normalized spacial score (nSPS) is 12.7. The van der Waals surface area contributed by atoms with Gasteiger partial charge in [0.15, 0.2) is 6.61 Å². The molecule has 1 aromatic carbocycles. The monoisotopic (exact) mass is 351 g/mol. The van der Waals surface area contributed by atoms with Gasteiger partial charge in [-0.1, -0.05) is 20.8 Å². The van der Waals surface area contributed by atoms with E-state index in [1.54, 1.807) is 0 Å². The van der Waals surface area contributed by atoms with E-state index in [0.29, 0.717) is 0 Å². The Morgan fingerprint density at radius 3 is 2.44 bits per heavy atom. The van der Waals surface area contributed by atoms with Crippen molar-refractivity contribution in [2.75, 3.05) is 6.61 Å². The van der Waals surface area contributed by atoms with Crippen LogP contribution < -0.4 is 4.89 Å². The highest BCUT2D eigenvalue weighted by molar-refractivity contribution is 9.10. The highest BCUT2D eigenvalue weighted by Crippen LogP contribution is 2.20. The van der Waals surface area contributed by atoms with E-state index in [4.69, 9.17) is 0 Å². The number of hydrogen-bond acceptors (Lipinski definition) is 3. The second kappa shape index (κ2) is 5.51. The summed E-state index contributed by atoms with van der Waals surface area (Å²) in [5, 5.41) is 0. The number of nitrogens with one attached hydrogen (secondary N) is 1. The molecule has 0 bridgehead atoms. The van der Waals surface area contributed by atoms with Gasteiger partial charge in [0.2, 0.25) is 0 Å². The number of sulfonamides is 1. The first-order chi connectivity index (χ1) is 8.12. The number of rotatable bonds is 4. The Hall–Kier alpha value is -0.710. The Kier molecular flexibility index (Phi) is 4.70. The minimum atomic E-state index is -4.69. The van der Waals surface area contributed by atoms with Crippen molar-refractivity contribution in [2.24, 2.45) is 0 Å². The molecule has 4 nitrogen and oxygen atoms in total. The molecule has 0 spiro atoms. The van der Waals surface area contributed by atoms with Gasteiger partial charge in [-0.3, -0.25) is 4.84 Å². The van der Waals surface area contributed by atoms with E-state index >= 15 is 0 Å².